The summed E-state index contributed by atoms with van der Waals surface area (Å²) in [5, 5.41) is 16.0. The highest BCUT2D eigenvalue weighted by Crippen LogP contribution is 2.42. The lowest BCUT2D eigenvalue weighted by Crippen LogP contribution is -2.71. The summed E-state index contributed by atoms with van der Waals surface area (Å²) in [6.45, 7) is 1.45. The Balaban J connectivity index is 1.32. The van der Waals surface area contributed by atoms with Crippen LogP contribution in [0.4, 0.5) is 5.82 Å². The molecule has 5 rings (SSSR count). The van der Waals surface area contributed by atoms with Gasteiger partial charge in [0.15, 0.2) is 10.9 Å². The molecule has 1 aromatic heterocycles. The molecule has 42 heavy (non-hydrogen) atoms. The number of hydrogen-bond donors (Lipinski definition) is 4. The van der Waals surface area contributed by atoms with Crippen molar-refractivity contribution in [3.8, 4) is 0 Å². The van der Waals surface area contributed by atoms with Gasteiger partial charge in [-0.1, -0.05) is 23.0 Å². The fraction of sp³-hybridized carbons (Fsp3) is 0.320. The Morgan fingerprint density at radius 2 is 2.10 bits per heavy atom. The Labute approximate surface area is 247 Å². The number of carboxylic acid groups (broad SMARTS) is 1. The number of anilines is 1. The van der Waals surface area contributed by atoms with Crippen LogP contribution in [0.25, 0.3) is 0 Å². The van der Waals surface area contributed by atoms with Crippen molar-refractivity contribution in [2.24, 2.45) is 15.9 Å². The monoisotopic (exact) mass is 614 g/mol. The SMILES string of the molecule is CCOC(=O)CO/N=C(/C(=O)NC1C(=O)N2C(C(=O)O)=C(CN3C=CC=C4N=C(N)SC43)CS[C@H]12)c1cccc(N)n1. The second-order valence-electron chi connectivity index (χ2n) is 9.11. The number of aliphatic carboxylic acids is 1. The molecule has 4 aliphatic heterocycles. The zero-order valence-corrected chi connectivity index (χ0v) is 23.8. The largest absolute Gasteiger partial charge is 0.477 e. The zero-order valence-electron chi connectivity index (χ0n) is 22.1. The molecule has 0 aliphatic carbocycles. The van der Waals surface area contributed by atoms with Crippen LogP contribution in [0.1, 0.15) is 12.6 Å². The van der Waals surface area contributed by atoms with Crippen molar-refractivity contribution in [3.05, 3.63) is 59.2 Å². The molecule has 17 heteroatoms. The summed E-state index contributed by atoms with van der Waals surface area (Å²) in [5.74, 6) is -2.95. The van der Waals surface area contributed by atoms with E-state index < -0.39 is 41.8 Å². The van der Waals surface area contributed by atoms with Crippen LogP contribution in [0, 0.1) is 0 Å². The van der Waals surface area contributed by atoms with Crippen LogP contribution in [0.15, 0.2) is 63.7 Å². The van der Waals surface area contributed by atoms with E-state index in [9.17, 15) is 24.3 Å². The van der Waals surface area contributed by atoms with Crippen molar-refractivity contribution < 1.29 is 33.9 Å². The summed E-state index contributed by atoms with van der Waals surface area (Å²) in [4.78, 5) is 67.0. The second-order valence-corrected chi connectivity index (χ2v) is 11.3. The molecule has 0 saturated carbocycles. The average molecular weight is 615 g/mol. The number of aromatic nitrogens is 1. The smallest absolute Gasteiger partial charge is 0.352 e. The van der Waals surface area contributed by atoms with Crippen molar-refractivity contribution >= 4 is 64.0 Å². The van der Waals surface area contributed by atoms with Crippen LogP contribution in [-0.2, 0) is 28.8 Å². The summed E-state index contributed by atoms with van der Waals surface area (Å²) in [5.41, 5.74) is 12.5. The van der Waals surface area contributed by atoms with Crippen molar-refractivity contribution in [1.29, 1.82) is 0 Å². The fourth-order valence-electron chi connectivity index (χ4n) is 4.58. The van der Waals surface area contributed by atoms with Gasteiger partial charge in [-0.2, -0.15) is 0 Å². The summed E-state index contributed by atoms with van der Waals surface area (Å²) in [7, 11) is 0. The predicted octanol–water partition coefficient (Wildman–Crippen LogP) is -0.213. The first-order chi connectivity index (χ1) is 20.2. The molecular formula is C25H26N8O7S2. The Morgan fingerprint density at radius 3 is 2.83 bits per heavy atom. The number of rotatable bonds is 10. The minimum Gasteiger partial charge on any atom is -0.477 e. The Bertz CT molecular complexity index is 1490. The highest BCUT2D eigenvalue weighted by molar-refractivity contribution is 8.14. The van der Waals surface area contributed by atoms with E-state index in [0.29, 0.717) is 16.5 Å². The van der Waals surface area contributed by atoms with Crippen LogP contribution < -0.4 is 16.8 Å². The topological polar surface area (TPSA) is 215 Å². The van der Waals surface area contributed by atoms with E-state index in [2.05, 4.69) is 20.4 Å². The molecule has 1 fully saturated rings. The summed E-state index contributed by atoms with van der Waals surface area (Å²) >= 11 is 2.68. The van der Waals surface area contributed by atoms with Crippen molar-refractivity contribution in [3.63, 3.8) is 0 Å². The third-order valence-electron chi connectivity index (χ3n) is 6.35. The molecule has 0 aromatic carbocycles. The van der Waals surface area contributed by atoms with E-state index in [4.69, 9.17) is 21.0 Å². The van der Waals surface area contributed by atoms with Gasteiger partial charge in [-0.05, 0) is 36.8 Å². The van der Waals surface area contributed by atoms with E-state index in [1.165, 1.54) is 40.6 Å². The number of carbonyl (C=O) groups excluding carboxylic acids is 3. The van der Waals surface area contributed by atoms with Crippen molar-refractivity contribution in [2.45, 2.75) is 23.7 Å². The number of carboxylic acids is 1. The molecular weight excluding hydrogens is 588 g/mol. The molecule has 2 unspecified atom stereocenters. The molecule has 0 radical (unpaired) electrons. The Kier molecular flexibility index (Phi) is 8.39. The molecule has 2 amide bonds. The van der Waals surface area contributed by atoms with E-state index >= 15 is 0 Å². The number of thioether (sulfide) groups is 2. The standard InChI is InChI=1S/C25H26N8O7S2/c1-2-39-16(34)10-40-31-17(13-5-3-7-15(26)28-13)20(35)30-18-21(36)33-19(24(37)38)12(11-41-23(18)33)9-32-8-4-6-14-22(32)42-25(27)29-14/h3-8,18,22-23H,2,9-11H2,1H3,(H2,26,28)(H2,27,29)(H,30,35)(H,37,38)/b31-17+/t18?,22?,23-/m1/s1. The lowest BCUT2D eigenvalue weighted by molar-refractivity contribution is -0.150. The number of aliphatic imine (C=N–C) groups is 1. The van der Waals surface area contributed by atoms with E-state index in [-0.39, 0.29) is 41.4 Å². The van der Waals surface area contributed by atoms with Gasteiger partial charge >= 0.3 is 11.9 Å². The van der Waals surface area contributed by atoms with Gasteiger partial charge in [-0.3, -0.25) is 14.5 Å². The number of ether oxygens (including phenoxy) is 1. The van der Waals surface area contributed by atoms with Gasteiger partial charge in [0.1, 0.15) is 34.0 Å². The maximum absolute atomic E-state index is 13.3. The summed E-state index contributed by atoms with van der Waals surface area (Å²) < 4.78 is 4.79. The molecule has 4 aliphatic rings. The molecule has 1 saturated heterocycles. The van der Waals surface area contributed by atoms with E-state index in [0.717, 1.165) is 5.70 Å². The fourth-order valence-corrected chi connectivity index (χ4v) is 6.84. The van der Waals surface area contributed by atoms with Crippen LogP contribution in [0.2, 0.25) is 0 Å². The average Bonchev–Trinajstić information content (AvgIpc) is 3.34. The Hall–Kier alpha value is -4.51. The van der Waals surface area contributed by atoms with Crippen LogP contribution in [0.3, 0.4) is 0 Å². The number of amidine groups is 1. The third kappa shape index (κ3) is 5.78. The number of hydrogen-bond acceptors (Lipinski definition) is 14. The summed E-state index contributed by atoms with van der Waals surface area (Å²) in [6, 6.07) is 3.47. The molecule has 0 spiro atoms. The normalized spacial score (nSPS) is 22.9. The number of nitrogens with one attached hydrogen (secondary N) is 1. The minimum atomic E-state index is -1.25. The number of allylic oxidation sites excluding steroid dienone is 2. The van der Waals surface area contributed by atoms with Crippen molar-refractivity contribution in [1.82, 2.24) is 20.1 Å². The van der Waals surface area contributed by atoms with Gasteiger partial charge in [0.2, 0.25) is 6.61 Å². The highest BCUT2D eigenvalue weighted by Gasteiger charge is 2.54. The maximum atomic E-state index is 13.3. The predicted molar refractivity (Wildman–Crippen MR) is 154 cm³/mol. The van der Waals surface area contributed by atoms with E-state index in [1.807, 2.05) is 17.2 Å². The number of nitrogen functional groups attached to an aromatic ring is 1. The number of oxime groups is 1. The Morgan fingerprint density at radius 1 is 1.29 bits per heavy atom. The van der Waals surface area contributed by atoms with Gasteiger partial charge < -0.3 is 36.4 Å². The number of esters is 1. The van der Waals surface area contributed by atoms with Gasteiger partial charge in [-0.15, -0.1) is 11.8 Å². The first-order valence-corrected chi connectivity index (χ1v) is 14.5. The molecule has 1 aromatic rings. The quantitative estimate of drug-likeness (QED) is 0.116. The molecule has 220 valence electrons. The molecule has 3 atom stereocenters. The molecule has 0 bridgehead atoms. The highest BCUT2D eigenvalue weighted by atomic mass is 32.2. The third-order valence-corrected chi connectivity index (χ3v) is 8.76. The number of amides is 2. The molecule has 6 N–H and O–H groups in total. The number of fused-ring (bicyclic) bond motifs is 2. The second kappa shape index (κ2) is 12.2. The van der Waals surface area contributed by atoms with Gasteiger partial charge in [0.25, 0.3) is 11.8 Å². The van der Waals surface area contributed by atoms with E-state index in [1.54, 1.807) is 19.1 Å². The first kappa shape index (κ1) is 29.0. The van der Waals surface area contributed by atoms with Crippen LogP contribution >= 0.6 is 23.5 Å². The van der Waals surface area contributed by atoms with Crippen LogP contribution in [-0.4, -0.2) is 96.8 Å². The molecule has 15 nitrogen and oxygen atoms in total. The van der Waals surface area contributed by atoms with Crippen LogP contribution in [0.5, 0.6) is 0 Å². The lowest BCUT2D eigenvalue weighted by atomic mass is 10.0. The van der Waals surface area contributed by atoms with Gasteiger partial charge in [-0.25, -0.2) is 19.6 Å². The van der Waals surface area contributed by atoms with Crippen molar-refractivity contribution in [2.75, 3.05) is 31.2 Å². The molecule has 5 heterocycles. The zero-order chi connectivity index (χ0) is 30.0. The number of pyridine rings is 1. The number of β-lactam (4-membered cyclic amide) rings is 1. The number of nitrogens with two attached hydrogens (primary N) is 2. The van der Waals surface area contributed by atoms with Gasteiger partial charge in [0, 0.05) is 18.5 Å². The lowest BCUT2D eigenvalue weighted by Gasteiger charge is -2.49. The number of carbonyl (C=O) groups is 4. The number of nitrogens with zero attached hydrogens (tertiary/aromatic N) is 5. The summed E-state index contributed by atoms with van der Waals surface area (Å²) in [6.07, 6.45) is 5.48. The minimum absolute atomic E-state index is 0.0436. The van der Waals surface area contributed by atoms with Gasteiger partial charge in [0.05, 0.1) is 12.3 Å². The first-order valence-electron chi connectivity index (χ1n) is 12.6. The maximum Gasteiger partial charge on any atom is 0.352 e.